The lowest BCUT2D eigenvalue weighted by atomic mass is 9.97. The number of rotatable bonds is 9. The first-order chi connectivity index (χ1) is 13.8. The molecule has 1 atom stereocenters. The van der Waals surface area contributed by atoms with Crippen LogP contribution < -0.4 is 15.6 Å². The average molecular weight is 416 g/mol. The second-order valence-corrected chi connectivity index (χ2v) is 6.74. The molecule has 7 nitrogen and oxygen atoms in total. The maximum atomic E-state index is 12.8. The maximum Gasteiger partial charge on any atom is 0.252 e. The van der Waals surface area contributed by atoms with Gasteiger partial charge in [-0.3, -0.25) is 9.59 Å². The molecule has 2 aromatic rings. The van der Waals surface area contributed by atoms with Gasteiger partial charge in [-0.1, -0.05) is 11.6 Å². The Labute approximate surface area is 173 Å². The van der Waals surface area contributed by atoms with Gasteiger partial charge in [-0.15, -0.1) is 0 Å². The normalized spacial score (nSPS) is 11.9. The van der Waals surface area contributed by atoms with E-state index >= 15 is 0 Å². The van der Waals surface area contributed by atoms with Crippen LogP contribution in [0.5, 0.6) is 5.75 Å². The van der Waals surface area contributed by atoms with Crippen LogP contribution >= 0.6 is 11.6 Å². The Morgan fingerprint density at radius 2 is 2.07 bits per heavy atom. The number of carbonyl (C=O) groups excluding carboxylic acids is 2. The Balaban J connectivity index is 2.58. The molecular formula is C21H22ClN3O4. The number of allylic oxidation sites excluding steroid dienone is 1. The summed E-state index contributed by atoms with van der Waals surface area (Å²) in [5, 5.41) is 11.1. The number of halogens is 1. The predicted molar refractivity (Wildman–Crippen MR) is 113 cm³/mol. The molecule has 0 aliphatic heterocycles. The van der Waals surface area contributed by atoms with E-state index in [2.05, 4.69) is 5.32 Å². The lowest BCUT2D eigenvalue weighted by molar-refractivity contribution is -0.110. The summed E-state index contributed by atoms with van der Waals surface area (Å²) < 4.78 is 6.64. The highest BCUT2D eigenvalue weighted by Gasteiger charge is 2.19. The van der Waals surface area contributed by atoms with Crippen molar-refractivity contribution in [2.24, 2.45) is 0 Å². The van der Waals surface area contributed by atoms with E-state index in [4.69, 9.17) is 21.7 Å². The lowest BCUT2D eigenvalue weighted by Crippen LogP contribution is -2.26. The van der Waals surface area contributed by atoms with Gasteiger partial charge in [0.2, 0.25) is 0 Å². The number of nitrogens with zero attached hydrogens (tertiary/aromatic N) is 1. The van der Waals surface area contributed by atoms with Crippen molar-refractivity contribution < 1.29 is 14.3 Å². The fraction of sp³-hybridized carbons (Fsp3) is 0.238. The Hall–Kier alpha value is -3.19. The van der Waals surface area contributed by atoms with E-state index in [1.54, 1.807) is 31.4 Å². The molecule has 1 aromatic heterocycles. The molecule has 0 saturated carbocycles. The third kappa shape index (κ3) is 5.20. The number of aromatic nitrogens is 1. The molecule has 2 N–H and O–H groups in total. The number of ether oxygens (including phenoxy) is 1. The molecule has 0 aliphatic carbocycles. The smallest absolute Gasteiger partial charge is 0.252 e. The second-order valence-electron chi connectivity index (χ2n) is 6.30. The Kier molecular flexibility index (Phi) is 7.50. The van der Waals surface area contributed by atoms with Gasteiger partial charge in [-0.2, -0.15) is 0 Å². The molecule has 8 heteroatoms. The van der Waals surface area contributed by atoms with E-state index in [0.717, 1.165) is 0 Å². The minimum atomic E-state index is -0.869. The van der Waals surface area contributed by atoms with E-state index in [9.17, 15) is 14.4 Å². The van der Waals surface area contributed by atoms with Gasteiger partial charge in [0, 0.05) is 41.4 Å². The van der Waals surface area contributed by atoms with Crippen molar-refractivity contribution in [3.05, 3.63) is 63.7 Å². The summed E-state index contributed by atoms with van der Waals surface area (Å²) in [5.74, 6) is 0.122. The zero-order valence-electron chi connectivity index (χ0n) is 16.4. The lowest BCUT2D eigenvalue weighted by Gasteiger charge is -2.18. The van der Waals surface area contributed by atoms with Crippen LogP contribution in [0.3, 0.4) is 0 Å². The van der Waals surface area contributed by atoms with Crippen LogP contribution in [0.15, 0.2) is 47.5 Å². The van der Waals surface area contributed by atoms with Crippen LogP contribution in [0.1, 0.15) is 29.7 Å². The topological polar surface area (TPSA) is 101 Å². The van der Waals surface area contributed by atoms with Crippen LogP contribution in [0.2, 0.25) is 5.02 Å². The molecule has 1 heterocycles. The fourth-order valence-electron chi connectivity index (χ4n) is 2.90. The molecule has 0 aliphatic rings. The molecule has 0 radical (unpaired) electrons. The van der Waals surface area contributed by atoms with E-state index in [0.29, 0.717) is 33.7 Å². The molecule has 0 bridgehead atoms. The number of methoxy groups -OCH3 is 1. The Morgan fingerprint density at radius 3 is 2.66 bits per heavy atom. The van der Waals surface area contributed by atoms with Crippen LogP contribution in [-0.4, -0.2) is 36.5 Å². The van der Waals surface area contributed by atoms with Gasteiger partial charge in [0.1, 0.15) is 12.0 Å². The van der Waals surface area contributed by atoms with Gasteiger partial charge in [-0.05, 0) is 43.0 Å². The molecule has 152 valence electrons. The Bertz CT molecular complexity index is 1030. The number of Topliss-reactive ketones (excluding diaryl/α,β-unsaturated/α-hetero) is 1. The highest BCUT2D eigenvalue weighted by molar-refractivity contribution is 6.31. The summed E-state index contributed by atoms with van der Waals surface area (Å²) in [4.78, 5) is 36.4. The standard InChI is InChI=1S/C21H22ClN3O4/c1-13(27)17-5-4-14(22)8-18(17)19-10-21(28)25(11-20(19)29-3)16(12-26)9-15(23)6-7-24-2/h4-8,10-12,16,23-24H,9H2,1-3H3/b7-6-,23-15?. The summed E-state index contributed by atoms with van der Waals surface area (Å²) in [6.45, 7) is 1.42. The number of hydrogen-bond acceptors (Lipinski definition) is 6. The van der Waals surface area contributed by atoms with Gasteiger partial charge in [0.25, 0.3) is 5.56 Å². The predicted octanol–water partition coefficient (Wildman–Crippen LogP) is 3.26. The SMILES string of the molecule is CN/C=C\C(=N)CC(C=O)n1cc(OC)c(-c2cc(Cl)ccc2C(C)=O)cc1=O. The highest BCUT2D eigenvalue weighted by Crippen LogP contribution is 2.33. The average Bonchev–Trinajstić information content (AvgIpc) is 2.70. The van der Waals surface area contributed by atoms with Crippen molar-refractivity contribution >= 4 is 29.4 Å². The first-order valence-corrected chi connectivity index (χ1v) is 9.17. The first-order valence-electron chi connectivity index (χ1n) is 8.80. The van der Waals surface area contributed by atoms with E-state index in [-0.39, 0.29) is 17.9 Å². The van der Waals surface area contributed by atoms with Crippen molar-refractivity contribution in [2.45, 2.75) is 19.4 Å². The van der Waals surface area contributed by atoms with Crippen molar-refractivity contribution in [1.29, 1.82) is 5.41 Å². The van der Waals surface area contributed by atoms with Gasteiger partial charge < -0.3 is 24.8 Å². The van der Waals surface area contributed by atoms with Crippen molar-refractivity contribution in [3.8, 4) is 16.9 Å². The van der Waals surface area contributed by atoms with Crippen molar-refractivity contribution in [3.63, 3.8) is 0 Å². The molecular weight excluding hydrogens is 394 g/mol. The van der Waals surface area contributed by atoms with Gasteiger partial charge in [0.15, 0.2) is 5.78 Å². The summed E-state index contributed by atoms with van der Waals surface area (Å²) in [6, 6.07) is 5.22. The third-order valence-corrected chi connectivity index (χ3v) is 4.54. The van der Waals surface area contributed by atoms with Crippen LogP contribution in [0.4, 0.5) is 0 Å². The number of nitrogens with one attached hydrogen (secondary N) is 2. The number of hydrogen-bond donors (Lipinski definition) is 2. The van der Waals surface area contributed by atoms with Gasteiger partial charge >= 0.3 is 0 Å². The molecule has 0 saturated heterocycles. The van der Waals surface area contributed by atoms with Crippen molar-refractivity contribution in [2.75, 3.05) is 14.2 Å². The zero-order valence-corrected chi connectivity index (χ0v) is 17.1. The molecule has 1 aromatic carbocycles. The van der Waals surface area contributed by atoms with Crippen molar-refractivity contribution in [1.82, 2.24) is 9.88 Å². The molecule has 1 unspecified atom stereocenters. The number of aldehydes is 1. The quantitative estimate of drug-likeness (QED) is 0.372. The van der Waals surface area contributed by atoms with Gasteiger partial charge in [0.05, 0.1) is 19.3 Å². The van der Waals surface area contributed by atoms with E-state index < -0.39 is 11.6 Å². The molecule has 0 spiro atoms. The third-order valence-electron chi connectivity index (χ3n) is 4.31. The minimum absolute atomic E-state index is 0.0416. The maximum absolute atomic E-state index is 12.8. The van der Waals surface area contributed by atoms with E-state index in [1.807, 2.05) is 0 Å². The summed E-state index contributed by atoms with van der Waals surface area (Å²) in [6.07, 6.45) is 5.15. The van der Waals surface area contributed by atoms with Crippen LogP contribution in [-0.2, 0) is 4.79 Å². The Morgan fingerprint density at radius 1 is 1.34 bits per heavy atom. The largest absolute Gasteiger partial charge is 0.495 e. The summed E-state index contributed by atoms with van der Waals surface area (Å²) in [5.41, 5.74) is 0.989. The van der Waals surface area contributed by atoms with Gasteiger partial charge in [-0.25, -0.2) is 0 Å². The molecule has 29 heavy (non-hydrogen) atoms. The first kappa shape index (κ1) is 22.1. The molecule has 2 rings (SSSR count). The highest BCUT2D eigenvalue weighted by atomic mass is 35.5. The zero-order chi connectivity index (χ0) is 21.6. The fourth-order valence-corrected chi connectivity index (χ4v) is 3.07. The van der Waals surface area contributed by atoms with Crippen LogP contribution in [0.25, 0.3) is 11.1 Å². The molecule has 0 fully saturated rings. The number of carbonyl (C=O) groups is 2. The summed E-state index contributed by atoms with van der Waals surface area (Å²) >= 11 is 6.09. The summed E-state index contributed by atoms with van der Waals surface area (Å²) in [7, 11) is 3.12. The van der Waals surface area contributed by atoms with Crippen LogP contribution in [0, 0.1) is 5.41 Å². The van der Waals surface area contributed by atoms with E-state index in [1.165, 1.54) is 36.9 Å². The second kappa shape index (κ2) is 9.84. The molecule has 0 amide bonds. The number of pyridine rings is 1. The number of ketones is 1. The number of benzene rings is 1. The monoisotopic (exact) mass is 415 g/mol. The minimum Gasteiger partial charge on any atom is -0.495 e.